The highest BCUT2D eigenvalue weighted by atomic mass is 32.1. The number of aromatic nitrogens is 1. The average Bonchev–Trinajstić information content (AvgIpc) is 2.84. The van der Waals surface area contributed by atoms with E-state index in [9.17, 15) is 0 Å². The number of hydrogen-bond acceptors (Lipinski definition) is 4. The number of hydrogen-bond donors (Lipinski definition) is 2. The maximum absolute atomic E-state index is 5.73. The van der Waals surface area contributed by atoms with Crippen molar-refractivity contribution in [2.24, 2.45) is 5.73 Å². The molecular weight excluding hydrogens is 262 g/mol. The quantitative estimate of drug-likeness (QED) is 0.825. The summed E-state index contributed by atoms with van der Waals surface area (Å²) < 4.78 is 0. The van der Waals surface area contributed by atoms with Gasteiger partial charge in [-0.1, -0.05) is 24.4 Å². The molecule has 0 aliphatic heterocycles. The molecule has 94 valence electrons. The first-order chi connectivity index (χ1) is 8.68. The fourth-order valence-electron chi connectivity index (χ4n) is 1.78. The predicted molar refractivity (Wildman–Crippen MR) is 81.4 cm³/mol. The summed E-state index contributed by atoms with van der Waals surface area (Å²) in [5.74, 6) is 0. The fourth-order valence-corrected chi connectivity index (χ4v) is 2.55. The lowest BCUT2D eigenvalue weighted by atomic mass is 10.1. The maximum Gasteiger partial charge on any atom is 0.106 e. The first-order valence-electron chi connectivity index (χ1n) is 5.69. The van der Waals surface area contributed by atoms with Crippen molar-refractivity contribution >= 4 is 34.2 Å². The Bertz CT molecular complexity index is 535. The molecule has 0 atom stereocenters. The Kier molecular flexibility index (Phi) is 4.28. The molecule has 0 radical (unpaired) electrons. The molecule has 0 aliphatic rings. The van der Waals surface area contributed by atoms with E-state index in [4.69, 9.17) is 18.0 Å². The number of aryl methyl sites for hydroxylation is 1. The third-order valence-electron chi connectivity index (χ3n) is 2.70. The lowest BCUT2D eigenvalue weighted by molar-refractivity contribution is 0.975. The number of nitrogens with two attached hydrogens (primary N) is 1. The lowest BCUT2D eigenvalue weighted by Gasteiger charge is -2.13. The minimum absolute atomic E-state index is 0.426. The van der Waals surface area contributed by atoms with Gasteiger partial charge in [0.2, 0.25) is 0 Å². The Morgan fingerprint density at radius 3 is 3.00 bits per heavy atom. The highest BCUT2D eigenvalue weighted by Gasteiger charge is 2.07. The van der Waals surface area contributed by atoms with Gasteiger partial charge in [0.15, 0.2) is 0 Å². The van der Waals surface area contributed by atoms with Gasteiger partial charge in [-0.3, -0.25) is 0 Å². The molecule has 1 heterocycles. The molecule has 1 aromatic heterocycles. The minimum Gasteiger partial charge on any atom is -0.389 e. The molecule has 5 heteroatoms. The summed E-state index contributed by atoms with van der Waals surface area (Å²) in [4.78, 5) is 4.68. The molecule has 1 aromatic carbocycles. The van der Waals surface area contributed by atoms with Crippen LogP contribution in [0.25, 0.3) is 0 Å². The molecule has 0 aliphatic carbocycles. The standard InChI is InChI=1S/C13H15N3S2/c1-9-3-2-4-11(13(14)17)12(9)15-6-5-10-7-18-8-16-10/h2-4,7-8,15H,5-6H2,1H3,(H2,14,17). The van der Waals surface area contributed by atoms with Crippen LogP contribution in [0.1, 0.15) is 16.8 Å². The van der Waals surface area contributed by atoms with E-state index in [1.54, 1.807) is 11.3 Å². The van der Waals surface area contributed by atoms with Crippen molar-refractivity contribution in [2.45, 2.75) is 13.3 Å². The normalized spacial score (nSPS) is 10.3. The van der Waals surface area contributed by atoms with E-state index in [1.165, 1.54) is 0 Å². The molecule has 3 N–H and O–H groups in total. The van der Waals surface area contributed by atoms with Crippen LogP contribution in [0.3, 0.4) is 0 Å². The van der Waals surface area contributed by atoms with Gasteiger partial charge >= 0.3 is 0 Å². The second-order valence-electron chi connectivity index (χ2n) is 4.02. The van der Waals surface area contributed by atoms with Gasteiger partial charge in [-0.25, -0.2) is 4.98 Å². The third kappa shape index (κ3) is 3.05. The van der Waals surface area contributed by atoms with Crippen molar-refractivity contribution in [2.75, 3.05) is 11.9 Å². The van der Waals surface area contributed by atoms with Crippen LogP contribution in [0, 0.1) is 6.92 Å². The largest absolute Gasteiger partial charge is 0.389 e. The summed E-state index contributed by atoms with van der Waals surface area (Å²) in [5, 5.41) is 5.46. The van der Waals surface area contributed by atoms with Crippen molar-refractivity contribution in [3.63, 3.8) is 0 Å². The Hall–Kier alpha value is -1.46. The van der Waals surface area contributed by atoms with Crippen LogP contribution < -0.4 is 11.1 Å². The van der Waals surface area contributed by atoms with E-state index in [-0.39, 0.29) is 0 Å². The van der Waals surface area contributed by atoms with Crippen LogP contribution in [0.5, 0.6) is 0 Å². The lowest BCUT2D eigenvalue weighted by Crippen LogP contribution is -2.15. The molecule has 2 aromatic rings. The molecule has 3 nitrogen and oxygen atoms in total. The monoisotopic (exact) mass is 277 g/mol. The second kappa shape index (κ2) is 5.93. The van der Waals surface area contributed by atoms with Gasteiger partial charge in [0.05, 0.1) is 11.2 Å². The third-order valence-corrected chi connectivity index (χ3v) is 3.56. The van der Waals surface area contributed by atoms with Gasteiger partial charge in [-0.05, 0) is 18.6 Å². The maximum atomic E-state index is 5.73. The van der Waals surface area contributed by atoms with E-state index in [0.717, 1.165) is 35.5 Å². The summed E-state index contributed by atoms with van der Waals surface area (Å²) in [6.07, 6.45) is 0.897. The summed E-state index contributed by atoms with van der Waals surface area (Å²) >= 11 is 6.68. The van der Waals surface area contributed by atoms with Crippen molar-refractivity contribution in [3.05, 3.63) is 45.9 Å². The number of rotatable bonds is 5. The van der Waals surface area contributed by atoms with Crippen molar-refractivity contribution in [1.29, 1.82) is 0 Å². The first kappa shape index (κ1) is 13.0. The Labute approximate surface area is 116 Å². The summed E-state index contributed by atoms with van der Waals surface area (Å²) in [5.41, 5.74) is 11.8. The Balaban J connectivity index is 2.06. The van der Waals surface area contributed by atoms with Gasteiger partial charge in [-0.15, -0.1) is 11.3 Å². The van der Waals surface area contributed by atoms with Gasteiger partial charge < -0.3 is 11.1 Å². The van der Waals surface area contributed by atoms with Crippen LogP contribution in [0.2, 0.25) is 0 Å². The van der Waals surface area contributed by atoms with Crippen molar-refractivity contribution < 1.29 is 0 Å². The Morgan fingerprint density at radius 1 is 1.50 bits per heavy atom. The molecule has 0 bridgehead atoms. The number of anilines is 1. The van der Waals surface area contributed by atoms with E-state index < -0.39 is 0 Å². The molecule has 0 fully saturated rings. The van der Waals surface area contributed by atoms with Crippen molar-refractivity contribution in [3.8, 4) is 0 Å². The summed E-state index contributed by atoms with van der Waals surface area (Å²) in [6, 6.07) is 5.96. The topological polar surface area (TPSA) is 50.9 Å². The number of nitrogens with one attached hydrogen (secondary N) is 1. The van der Waals surface area contributed by atoms with Crippen LogP contribution in [-0.2, 0) is 6.42 Å². The average molecular weight is 277 g/mol. The summed E-state index contributed by atoms with van der Waals surface area (Å²) in [6.45, 7) is 2.87. The Morgan fingerprint density at radius 2 is 2.33 bits per heavy atom. The number of thiazole rings is 1. The van der Waals surface area contributed by atoms with E-state index in [2.05, 4.69) is 15.7 Å². The van der Waals surface area contributed by atoms with Crippen molar-refractivity contribution in [1.82, 2.24) is 4.98 Å². The van der Waals surface area contributed by atoms with Gasteiger partial charge in [-0.2, -0.15) is 0 Å². The van der Waals surface area contributed by atoms with Crippen LogP contribution in [0.15, 0.2) is 29.1 Å². The predicted octanol–water partition coefficient (Wildman–Crippen LogP) is 2.74. The highest BCUT2D eigenvalue weighted by molar-refractivity contribution is 7.80. The zero-order chi connectivity index (χ0) is 13.0. The molecule has 18 heavy (non-hydrogen) atoms. The second-order valence-corrected chi connectivity index (χ2v) is 5.18. The SMILES string of the molecule is Cc1cccc(C(N)=S)c1NCCc1cscn1. The van der Waals surface area contributed by atoms with Crippen LogP contribution >= 0.6 is 23.6 Å². The van der Waals surface area contributed by atoms with E-state index in [1.807, 2.05) is 30.6 Å². The minimum atomic E-state index is 0.426. The molecule has 0 saturated heterocycles. The first-order valence-corrected chi connectivity index (χ1v) is 7.04. The van der Waals surface area contributed by atoms with Gasteiger partial charge in [0, 0.05) is 29.6 Å². The molecule has 0 spiro atoms. The smallest absolute Gasteiger partial charge is 0.106 e. The van der Waals surface area contributed by atoms with Gasteiger partial charge in [0.25, 0.3) is 0 Å². The number of thiocarbonyl (C=S) groups is 1. The van der Waals surface area contributed by atoms with Crippen LogP contribution in [0.4, 0.5) is 5.69 Å². The summed E-state index contributed by atoms with van der Waals surface area (Å²) in [7, 11) is 0. The molecule has 0 saturated carbocycles. The van der Waals surface area contributed by atoms with E-state index in [0.29, 0.717) is 4.99 Å². The van der Waals surface area contributed by atoms with Crippen LogP contribution in [-0.4, -0.2) is 16.5 Å². The fraction of sp³-hybridized carbons (Fsp3) is 0.231. The zero-order valence-corrected chi connectivity index (χ0v) is 11.8. The van der Waals surface area contributed by atoms with E-state index >= 15 is 0 Å². The molecule has 0 unspecified atom stereocenters. The number of para-hydroxylation sites is 1. The van der Waals surface area contributed by atoms with Gasteiger partial charge in [0.1, 0.15) is 4.99 Å². The number of nitrogens with zero attached hydrogens (tertiary/aromatic N) is 1. The zero-order valence-electron chi connectivity index (χ0n) is 10.1. The number of benzene rings is 1. The molecule has 2 rings (SSSR count). The molecular formula is C13H15N3S2. The highest BCUT2D eigenvalue weighted by Crippen LogP contribution is 2.20. The molecule has 0 amide bonds.